The Morgan fingerprint density at radius 2 is 1.84 bits per heavy atom. The average Bonchev–Trinajstić information content (AvgIpc) is 2.65. The fourth-order valence-corrected chi connectivity index (χ4v) is 3.08. The first kappa shape index (κ1) is 17.3. The summed E-state index contributed by atoms with van der Waals surface area (Å²) in [6.07, 6.45) is 0.639. The smallest absolute Gasteiger partial charge is 0.257 e. The molecule has 0 spiro atoms. The molecular weight excluding hydrogens is 316 g/mol. The van der Waals surface area contributed by atoms with Gasteiger partial charge in [-0.3, -0.25) is 4.79 Å². The summed E-state index contributed by atoms with van der Waals surface area (Å²) in [6, 6.07) is 15.5. The Hall–Kier alpha value is -2.53. The first-order valence-electron chi connectivity index (χ1n) is 8.63. The lowest BCUT2D eigenvalue weighted by Crippen LogP contribution is -2.43. The van der Waals surface area contributed by atoms with Gasteiger partial charge in [0.2, 0.25) is 0 Å². The standard InChI is InChI=1S/C20H24N2O3/c1-3-12-22-19(21-17-10-6-4-8-15(17)20(22)23)16-9-5-7-11-18(16)25-14-13-24-2/h4-11,19,21H,3,12-14H2,1-2H3. The van der Waals surface area contributed by atoms with Crippen LogP contribution in [0.1, 0.15) is 35.4 Å². The van der Waals surface area contributed by atoms with E-state index in [2.05, 4.69) is 12.2 Å². The topological polar surface area (TPSA) is 50.8 Å². The van der Waals surface area contributed by atoms with Gasteiger partial charge in [0.05, 0.1) is 12.2 Å². The number of amides is 1. The third-order valence-electron chi connectivity index (χ3n) is 4.25. The van der Waals surface area contributed by atoms with Crippen molar-refractivity contribution in [3.8, 4) is 5.75 Å². The molecule has 1 heterocycles. The summed E-state index contributed by atoms with van der Waals surface area (Å²) in [6.45, 7) is 3.74. The van der Waals surface area contributed by atoms with Gasteiger partial charge in [0.25, 0.3) is 5.91 Å². The van der Waals surface area contributed by atoms with Gasteiger partial charge >= 0.3 is 0 Å². The maximum Gasteiger partial charge on any atom is 0.257 e. The first-order chi connectivity index (χ1) is 12.3. The molecule has 5 heteroatoms. The zero-order valence-electron chi connectivity index (χ0n) is 14.7. The number of hydrogen-bond donors (Lipinski definition) is 1. The van der Waals surface area contributed by atoms with Crippen LogP contribution < -0.4 is 10.1 Å². The maximum absolute atomic E-state index is 13.0. The predicted molar refractivity (Wildman–Crippen MR) is 97.9 cm³/mol. The third-order valence-corrected chi connectivity index (χ3v) is 4.25. The minimum Gasteiger partial charge on any atom is -0.491 e. The van der Waals surface area contributed by atoms with Crippen LogP contribution in [0.5, 0.6) is 5.75 Å². The molecular formula is C20H24N2O3. The van der Waals surface area contributed by atoms with Gasteiger partial charge in [0, 0.05) is 24.9 Å². The number of rotatable bonds is 7. The van der Waals surface area contributed by atoms with Crippen LogP contribution in [0.25, 0.3) is 0 Å². The van der Waals surface area contributed by atoms with Crippen molar-refractivity contribution in [2.45, 2.75) is 19.5 Å². The quantitative estimate of drug-likeness (QED) is 0.781. The van der Waals surface area contributed by atoms with Crippen molar-refractivity contribution in [2.75, 3.05) is 32.2 Å². The number of nitrogens with one attached hydrogen (secondary N) is 1. The summed E-state index contributed by atoms with van der Waals surface area (Å²) in [4.78, 5) is 14.9. The number of carbonyl (C=O) groups is 1. The zero-order valence-corrected chi connectivity index (χ0v) is 14.7. The van der Waals surface area contributed by atoms with Crippen LogP contribution in [-0.2, 0) is 4.74 Å². The molecule has 0 radical (unpaired) electrons. The Balaban J connectivity index is 1.96. The number of fused-ring (bicyclic) bond motifs is 1. The summed E-state index contributed by atoms with van der Waals surface area (Å²) in [5.41, 5.74) is 2.52. The van der Waals surface area contributed by atoms with Crippen molar-refractivity contribution >= 4 is 11.6 Å². The van der Waals surface area contributed by atoms with Crippen molar-refractivity contribution in [3.05, 3.63) is 59.7 Å². The van der Waals surface area contributed by atoms with E-state index >= 15 is 0 Å². The van der Waals surface area contributed by atoms with Crippen molar-refractivity contribution < 1.29 is 14.3 Å². The fraction of sp³-hybridized carbons (Fsp3) is 0.350. The molecule has 1 aliphatic rings. The van der Waals surface area contributed by atoms with E-state index in [9.17, 15) is 4.79 Å². The van der Waals surface area contributed by atoms with Gasteiger partial charge in [0.15, 0.2) is 0 Å². The molecule has 0 saturated carbocycles. The Bertz CT molecular complexity index is 732. The van der Waals surface area contributed by atoms with E-state index in [1.807, 2.05) is 53.4 Å². The number of nitrogens with zero attached hydrogens (tertiary/aromatic N) is 1. The van der Waals surface area contributed by atoms with Gasteiger partial charge in [-0.1, -0.05) is 37.3 Å². The van der Waals surface area contributed by atoms with Gasteiger partial charge in [-0.2, -0.15) is 0 Å². The highest BCUT2D eigenvalue weighted by Gasteiger charge is 2.33. The van der Waals surface area contributed by atoms with Crippen molar-refractivity contribution in [2.24, 2.45) is 0 Å². The molecule has 3 rings (SSSR count). The van der Waals surface area contributed by atoms with Crippen molar-refractivity contribution in [1.29, 1.82) is 0 Å². The molecule has 1 atom stereocenters. The van der Waals surface area contributed by atoms with Gasteiger partial charge in [-0.25, -0.2) is 0 Å². The van der Waals surface area contributed by atoms with Gasteiger partial charge in [0.1, 0.15) is 18.5 Å². The van der Waals surface area contributed by atoms with E-state index in [4.69, 9.17) is 9.47 Å². The molecule has 132 valence electrons. The Kier molecular flexibility index (Phi) is 5.56. The highest BCUT2D eigenvalue weighted by Crippen LogP contribution is 2.36. The SMILES string of the molecule is CCCN1C(=O)c2ccccc2NC1c1ccccc1OCCOC. The number of carbonyl (C=O) groups excluding carboxylic acids is 1. The Labute approximate surface area is 148 Å². The largest absolute Gasteiger partial charge is 0.491 e. The number of ether oxygens (including phenoxy) is 2. The second-order valence-electron chi connectivity index (χ2n) is 5.97. The minimum absolute atomic E-state index is 0.0490. The van der Waals surface area contributed by atoms with Crippen LogP contribution in [0.3, 0.4) is 0 Å². The molecule has 0 bridgehead atoms. The number of para-hydroxylation sites is 2. The summed E-state index contributed by atoms with van der Waals surface area (Å²) in [5, 5.41) is 3.50. The van der Waals surface area contributed by atoms with E-state index in [0.717, 1.165) is 23.4 Å². The van der Waals surface area contributed by atoms with E-state index in [1.54, 1.807) is 7.11 Å². The van der Waals surface area contributed by atoms with Crippen molar-refractivity contribution in [3.63, 3.8) is 0 Å². The highest BCUT2D eigenvalue weighted by molar-refractivity contribution is 6.01. The van der Waals surface area contributed by atoms with Crippen LogP contribution in [0.4, 0.5) is 5.69 Å². The molecule has 0 fully saturated rings. The first-order valence-corrected chi connectivity index (χ1v) is 8.63. The molecule has 1 aliphatic heterocycles. The van der Waals surface area contributed by atoms with Crippen LogP contribution in [0.15, 0.2) is 48.5 Å². The van der Waals surface area contributed by atoms with Crippen LogP contribution in [0, 0.1) is 0 Å². The molecule has 2 aromatic rings. The molecule has 0 aromatic heterocycles. The molecule has 1 amide bonds. The molecule has 25 heavy (non-hydrogen) atoms. The molecule has 1 unspecified atom stereocenters. The second-order valence-corrected chi connectivity index (χ2v) is 5.97. The van der Waals surface area contributed by atoms with Gasteiger partial charge in [-0.05, 0) is 24.6 Å². The molecule has 2 aromatic carbocycles. The Morgan fingerprint density at radius 3 is 2.64 bits per heavy atom. The van der Waals surface area contributed by atoms with E-state index < -0.39 is 0 Å². The molecule has 0 saturated heterocycles. The van der Waals surface area contributed by atoms with Crippen LogP contribution in [-0.4, -0.2) is 37.7 Å². The number of hydrogen-bond acceptors (Lipinski definition) is 4. The second kappa shape index (κ2) is 8.03. The number of anilines is 1. The Morgan fingerprint density at radius 1 is 1.08 bits per heavy atom. The summed E-state index contributed by atoms with van der Waals surface area (Å²) in [7, 11) is 1.65. The van der Waals surface area contributed by atoms with Crippen LogP contribution >= 0.6 is 0 Å². The summed E-state index contributed by atoms with van der Waals surface area (Å²) >= 11 is 0. The van der Waals surface area contributed by atoms with Gasteiger partial charge < -0.3 is 19.7 Å². The van der Waals surface area contributed by atoms with E-state index in [0.29, 0.717) is 25.3 Å². The summed E-state index contributed by atoms with van der Waals surface area (Å²) < 4.78 is 10.9. The van der Waals surface area contributed by atoms with E-state index in [1.165, 1.54) is 0 Å². The van der Waals surface area contributed by atoms with Gasteiger partial charge in [-0.15, -0.1) is 0 Å². The van der Waals surface area contributed by atoms with Crippen molar-refractivity contribution in [1.82, 2.24) is 4.90 Å². The minimum atomic E-state index is -0.249. The predicted octanol–water partition coefficient (Wildman–Crippen LogP) is 3.69. The van der Waals surface area contributed by atoms with Crippen LogP contribution in [0.2, 0.25) is 0 Å². The highest BCUT2D eigenvalue weighted by atomic mass is 16.5. The fourth-order valence-electron chi connectivity index (χ4n) is 3.08. The molecule has 1 N–H and O–H groups in total. The monoisotopic (exact) mass is 340 g/mol. The lowest BCUT2D eigenvalue weighted by atomic mass is 10.0. The van der Waals surface area contributed by atoms with E-state index in [-0.39, 0.29) is 12.1 Å². The average molecular weight is 340 g/mol. The summed E-state index contributed by atoms with van der Waals surface area (Å²) in [5.74, 6) is 0.818. The lowest BCUT2D eigenvalue weighted by molar-refractivity contribution is 0.0679. The number of benzene rings is 2. The zero-order chi connectivity index (χ0) is 17.6. The molecule has 0 aliphatic carbocycles. The lowest BCUT2D eigenvalue weighted by Gasteiger charge is -2.38. The maximum atomic E-state index is 13.0. The normalized spacial score (nSPS) is 16.3. The third kappa shape index (κ3) is 3.61. The number of methoxy groups -OCH3 is 1. The molecule has 5 nitrogen and oxygen atoms in total.